The second-order valence-electron chi connectivity index (χ2n) is 7.03. The van der Waals surface area contributed by atoms with Gasteiger partial charge >= 0.3 is 0 Å². The highest BCUT2D eigenvalue weighted by Gasteiger charge is 2.44. The summed E-state index contributed by atoms with van der Waals surface area (Å²) < 4.78 is 5.48. The number of carbonyl (C=O) groups excluding carboxylic acids is 1. The molecule has 1 aliphatic carbocycles. The summed E-state index contributed by atoms with van der Waals surface area (Å²) in [6.07, 6.45) is 8.08. The van der Waals surface area contributed by atoms with Crippen LogP contribution < -0.4 is 5.32 Å². The molecule has 1 N–H and O–H groups in total. The Hall–Kier alpha value is -1.47. The topological polar surface area (TPSA) is 72.3 Å². The fourth-order valence-electron chi connectivity index (χ4n) is 4.07. The summed E-state index contributed by atoms with van der Waals surface area (Å²) in [7, 11) is 0. The molecule has 1 amide bonds. The molecule has 0 radical (unpaired) electrons. The average Bonchev–Trinajstić information content (AvgIpc) is 3.12. The van der Waals surface area contributed by atoms with E-state index in [1.165, 1.54) is 17.6 Å². The Balaban J connectivity index is 1.36. The summed E-state index contributed by atoms with van der Waals surface area (Å²) >= 11 is 0. The van der Waals surface area contributed by atoms with Crippen molar-refractivity contribution in [3.8, 4) is 0 Å². The van der Waals surface area contributed by atoms with Crippen LogP contribution in [0.4, 0.5) is 0 Å². The number of nitrogens with zero attached hydrogens (tertiary/aromatic N) is 4. The maximum atomic E-state index is 12.3. The van der Waals surface area contributed by atoms with E-state index >= 15 is 0 Å². The largest absolute Gasteiger partial charge is 0.381 e. The van der Waals surface area contributed by atoms with Gasteiger partial charge in [-0.25, -0.2) is 0 Å². The van der Waals surface area contributed by atoms with Gasteiger partial charge in [-0.1, -0.05) is 0 Å². The number of ether oxygens (including phenoxy) is 1. The minimum absolute atomic E-state index is 0.0191. The van der Waals surface area contributed by atoms with Crippen LogP contribution in [-0.2, 0) is 16.1 Å². The Morgan fingerprint density at radius 1 is 1.13 bits per heavy atom. The summed E-state index contributed by atoms with van der Waals surface area (Å²) in [6, 6.07) is 0.896. The molecule has 1 saturated carbocycles. The zero-order valence-electron chi connectivity index (χ0n) is 13.4. The van der Waals surface area contributed by atoms with Crippen molar-refractivity contribution in [1.29, 1.82) is 0 Å². The van der Waals surface area contributed by atoms with Crippen LogP contribution in [0.3, 0.4) is 0 Å². The Labute approximate surface area is 136 Å². The molecule has 7 nitrogen and oxygen atoms in total. The second-order valence-corrected chi connectivity index (χ2v) is 7.03. The molecule has 0 bridgehead atoms. The van der Waals surface area contributed by atoms with Crippen molar-refractivity contribution in [3.63, 3.8) is 0 Å². The molecule has 2 aliphatic heterocycles. The quantitative estimate of drug-likeness (QED) is 0.844. The molecular weight excluding hydrogens is 294 g/mol. The fourth-order valence-corrected chi connectivity index (χ4v) is 4.07. The van der Waals surface area contributed by atoms with Crippen LogP contribution in [0, 0.1) is 11.8 Å². The molecule has 3 heterocycles. The molecule has 126 valence electrons. The Bertz CT molecular complexity index is 525. The predicted octanol–water partition coefficient (Wildman–Crippen LogP) is 0.284. The molecule has 0 aromatic carbocycles. The van der Waals surface area contributed by atoms with Crippen molar-refractivity contribution >= 4 is 5.91 Å². The summed E-state index contributed by atoms with van der Waals surface area (Å²) in [6.45, 7) is 4.05. The number of hydrogen-bond donors (Lipinski definition) is 1. The molecule has 3 aliphatic rings. The third-order valence-electron chi connectivity index (χ3n) is 5.43. The molecule has 0 unspecified atom stereocenters. The van der Waals surface area contributed by atoms with Gasteiger partial charge in [0.1, 0.15) is 6.54 Å². The number of hydrogen-bond acceptors (Lipinski definition) is 5. The van der Waals surface area contributed by atoms with E-state index < -0.39 is 0 Å². The smallest absolute Gasteiger partial charge is 0.243 e. The Kier molecular flexibility index (Phi) is 4.31. The molecule has 23 heavy (non-hydrogen) atoms. The van der Waals surface area contributed by atoms with Gasteiger partial charge in [0.15, 0.2) is 0 Å². The zero-order chi connectivity index (χ0) is 15.6. The second kappa shape index (κ2) is 6.57. The van der Waals surface area contributed by atoms with Gasteiger partial charge < -0.3 is 10.1 Å². The van der Waals surface area contributed by atoms with Gasteiger partial charge in [-0.05, 0) is 37.5 Å². The van der Waals surface area contributed by atoms with E-state index in [9.17, 15) is 4.79 Å². The van der Waals surface area contributed by atoms with Crippen molar-refractivity contribution in [2.45, 2.75) is 44.3 Å². The monoisotopic (exact) mass is 319 g/mol. The molecule has 1 aromatic heterocycles. The van der Waals surface area contributed by atoms with Crippen LogP contribution >= 0.6 is 0 Å². The lowest BCUT2D eigenvalue weighted by Crippen LogP contribution is -2.44. The summed E-state index contributed by atoms with van der Waals surface area (Å²) in [5.74, 6) is 1.42. The SMILES string of the molecule is O=C(Cn1nccn1)N[C@@H]1CN(C2CCOCC2)C[C@H]1C1CC1. The van der Waals surface area contributed by atoms with E-state index in [-0.39, 0.29) is 18.5 Å². The van der Waals surface area contributed by atoms with Crippen LogP contribution in [0.2, 0.25) is 0 Å². The van der Waals surface area contributed by atoms with Crippen molar-refractivity contribution in [2.24, 2.45) is 11.8 Å². The summed E-state index contributed by atoms with van der Waals surface area (Å²) in [5.41, 5.74) is 0. The van der Waals surface area contributed by atoms with Gasteiger partial charge in [-0.15, -0.1) is 0 Å². The third kappa shape index (κ3) is 3.55. The lowest BCUT2D eigenvalue weighted by atomic mass is 9.98. The molecule has 4 rings (SSSR count). The highest BCUT2D eigenvalue weighted by atomic mass is 16.5. The normalized spacial score (nSPS) is 29.7. The fraction of sp³-hybridized carbons (Fsp3) is 0.812. The van der Waals surface area contributed by atoms with E-state index in [0.717, 1.165) is 45.1 Å². The number of nitrogens with one attached hydrogen (secondary N) is 1. The van der Waals surface area contributed by atoms with E-state index in [0.29, 0.717) is 12.0 Å². The first kappa shape index (κ1) is 15.1. The highest BCUT2D eigenvalue weighted by molar-refractivity contribution is 5.75. The molecule has 7 heteroatoms. The Morgan fingerprint density at radius 3 is 2.57 bits per heavy atom. The van der Waals surface area contributed by atoms with E-state index in [4.69, 9.17) is 4.74 Å². The lowest BCUT2D eigenvalue weighted by Gasteiger charge is -2.31. The van der Waals surface area contributed by atoms with Gasteiger partial charge in [0.2, 0.25) is 5.91 Å². The van der Waals surface area contributed by atoms with Crippen LogP contribution in [0.5, 0.6) is 0 Å². The number of carbonyl (C=O) groups is 1. The van der Waals surface area contributed by atoms with E-state index in [2.05, 4.69) is 20.4 Å². The van der Waals surface area contributed by atoms with Crippen LogP contribution in [0.25, 0.3) is 0 Å². The van der Waals surface area contributed by atoms with E-state index in [1.54, 1.807) is 12.4 Å². The zero-order valence-corrected chi connectivity index (χ0v) is 13.4. The van der Waals surface area contributed by atoms with Crippen molar-refractivity contribution < 1.29 is 9.53 Å². The lowest BCUT2D eigenvalue weighted by molar-refractivity contribution is -0.123. The maximum absolute atomic E-state index is 12.3. The molecular formula is C16H25N5O2. The van der Waals surface area contributed by atoms with Gasteiger partial charge in [-0.2, -0.15) is 15.0 Å². The first-order valence-electron chi connectivity index (χ1n) is 8.75. The minimum atomic E-state index is 0.0191. The maximum Gasteiger partial charge on any atom is 0.243 e. The third-order valence-corrected chi connectivity index (χ3v) is 5.43. The highest BCUT2D eigenvalue weighted by Crippen LogP contribution is 2.42. The summed E-state index contributed by atoms with van der Waals surface area (Å²) in [4.78, 5) is 16.3. The van der Waals surface area contributed by atoms with Gasteiger partial charge in [0, 0.05) is 38.4 Å². The number of likely N-dealkylation sites (tertiary alicyclic amines) is 1. The molecule has 2 atom stereocenters. The Morgan fingerprint density at radius 2 is 1.87 bits per heavy atom. The van der Waals surface area contributed by atoms with Crippen LogP contribution in [0.15, 0.2) is 12.4 Å². The molecule has 1 aromatic rings. The summed E-state index contributed by atoms with van der Waals surface area (Å²) in [5, 5.41) is 11.3. The molecule has 0 spiro atoms. The van der Waals surface area contributed by atoms with Crippen LogP contribution in [0.1, 0.15) is 25.7 Å². The predicted molar refractivity (Wildman–Crippen MR) is 83.6 cm³/mol. The number of aromatic nitrogens is 3. The van der Waals surface area contributed by atoms with Crippen LogP contribution in [-0.4, -0.2) is 64.2 Å². The molecule has 3 fully saturated rings. The first-order chi connectivity index (χ1) is 11.3. The first-order valence-corrected chi connectivity index (χ1v) is 8.75. The van der Waals surface area contributed by atoms with Crippen molar-refractivity contribution in [2.75, 3.05) is 26.3 Å². The van der Waals surface area contributed by atoms with E-state index in [1.807, 2.05) is 0 Å². The van der Waals surface area contributed by atoms with Crippen molar-refractivity contribution in [3.05, 3.63) is 12.4 Å². The van der Waals surface area contributed by atoms with Gasteiger partial charge in [0.05, 0.1) is 12.4 Å². The van der Waals surface area contributed by atoms with Crippen molar-refractivity contribution in [1.82, 2.24) is 25.2 Å². The van der Waals surface area contributed by atoms with Gasteiger partial charge in [-0.3, -0.25) is 9.69 Å². The van der Waals surface area contributed by atoms with Gasteiger partial charge in [0.25, 0.3) is 0 Å². The molecule has 2 saturated heterocycles. The minimum Gasteiger partial charge on any atom is -0.381 e. The average molecular weight is 319 g/mol. The number of amides is 1. The standard InChI is InChI=1S/C16H25N5O2/c22-16(11-21-17-5-6-18-21)19-15-10-20(9-14(15)12-1-2-12)13-3-7-23-8-4-13/h5-6,12-15H,1-4,7-11H2,(H,19,22)/t14-,15+/m0/s1. The number of rotatable bonds is 5.